The van der Waals surface area contributed by atoms with Crippen molar-refractivity contribution in [1.29, 1.82) is 0 Å². The maximum atomic E-state index is 11.5. The van der Waals surface area contributed by atoms with Gasteiger partial charge in [0.1, 0.15) is 0 Å². The second kappa shape index (κ2) is 6.01. The number of benzene rings is 1. The zero-order valence-electron chi connectivity index (χ0n) is 10.6. The highest BCUT2D eigenvalue weighted by Gasteiger charge is 2.08. The van der Waals surface area contributed by atoms with Gasteiger partial charge in [0.15, 0.2) is 5.82 Å². The van der Waals surface area contributed by atoms with E-state index in [0.717, 1.165) is 11.1 Å². The molecular formula is C13H16N4O2. The van der Waals surface area contributed by atoms with Crippen LogP contribution >= 0.6 is 0 Å². The summed E-state index contributed by atoms with van der Waals surface area (Å²) in [6.07, 6.45) is 1.34. The zero-order chi connectivity index (χ0) is 13.7. The Labute approximate surface area is 110 Å². The molecule has 2 rings (SSSR count). The second-order valence-electron chi connectivity index (χ2n) is 3.99. The molecule has 1 aromatic carbocycles. The third kappa shape index (κ3) is 3.11. The van der Waals surface area contributed by atoms with Gasteiger partial charge >= 0.3 is 0 Å². The van der Waals surface area contributed by atoms with E-state index in [0.29, 0.717) is 18.9 Å². The fourth-order valence-corrected chi connectivity index (χ4v) is 1.75. The molecule has 1 aromatic heterocycles. The van der Waals surface area contributed by atoms with Crippen molar-refractivity contribution < 1.29 is 4.74 Å². The molecule has 0 spiro atoms. The minimum Gasteiger partial charge on any atom is -0.489 e. The Morgan fingerprint density at radius 3 is 2.95 bits per heavy atom. The van der Waals surface area contributed by atoms with E-state index in [9.17, 15) is 4.79 Å². The quantitative estimate of drug-likeness (QED) is 0.741. The number of nitrogens with two attached hydrogens (primary N) is 1. The van der Waals surface area contributed by atoms with Crippen molar-refractivity contribution in [3.05, 3.63) is 52.1 Å². The average molecular weight is 260 g/mol. The van der Waals surface area contributed by atoms with Gasteiger partial charge in [-0.1, -0.05) is 24.3 Å². The molecule has 6 nitrogen and oxygen atoms in total. The van der Waals surface area contributed by atoms with Crippen LogP contribution < -0.4 is 21.3 Å². The molecule has 6 heteroatoms. The Morgan fingerprint density at radius 1 is 1.42 bits per heavy atom. The number of nitrogens with zero attached hydrogens (tertiary/aromatic N) is 1. The Hall–Kier alpha value is -2.34. The van der Waals surface area contributed by atoms with Gasteiger partial charge in [-0.3, -0.25) is 4.79 Å². The van der Waals surface area contributed by atoms with Crippen molar-refractivity contribution in [2.24, 2.45) is 5.73 Å². The maximum absolute atomic E-state index is 11.5. The van der Waals surface area contributed by atoms with E-state index in [1.54, 1.807) is 0 Å². The summed E-state index contributed by atoms with van der Waals surface area (Å²) in [5.41, 5.74) is 7.41. The molecule has 0 radical (unpaired) electrons. The van der Waals surface area contributed by atoms with Crippen molar-refractivity contribution in [2.75, 3.05) is 12.4 Å². The summed E-state index contributed by atoms with van der Waals surface area (Å²) in [7, 11) is 1.44. The number of aromatic nitrogens is 2. The van der Waals surface area contributed by atoms with Crippen LogP contribution in [0.5, 0.6) is 5.75 Å². The van der Waals surface area contributed by atoms with Gasteiger partial charge in [-0.2, -0.15) is 0 Å². The van der Waals surface area contributed by atoms with E-state index in [2.05, 4.69) is 15.3 Å². The van der Waals surface area contributed by atoms with E-state index in [1.807, 2.05) is 24.3 Å². The molecule has 0 aliphatic carbocycles. The fourth-order valence-electron chi connectivity index (χ4n) is 1.75. The van der Waals surface area contributed by atoms with Gasteiger partial charge in [0, 0.05) is 13.1 Å². The maximum Gasteiger partial charge on any atom is 0.295 e. The van der Waals surface area contributed by atoms with E-state index >= 15 is 0 Å². The van der Waals surface area contributed by atoms with Gasteiger partial charge in [-0.05, 0) is 11.1 Å². The second-order valence-corrected chi connectivity index (χ2v) is 3.99. The first-order valence-electron chi connectivity index (χ1n) is 5.88. The molecule has 1 heterocycles. The van der Waals surface area contributed by atoms with Crippen LogP contribution in [0.25, 0.3) is 0 Å². The molecule has 0 saturated heterocycles. The SMILES string of the molecule is COc1c(NCc2cccc(CN)c2)nc[nH]c1=O. The van der Waals surface area contributed by atoms with Gasteiger partial charge in [-0.15, -0.1) is 0 Å². The molecule has 0 amide bonds. The average Bonchev–Trinajstić information content (AvgIpc) is 2.45. The lowest BCUT2D eigenvalue weighted by atomic mass is 10.1. The Balaban J connectivity index is 2.14. The first-order chi connectivity index (χ1) is 9.24. The highest BCUT2D eigenvalue weighted by Crippen LogP contribution is 2.15. The molecule has 0 unspecified atom stereocenters. The third-order valence-electron chi connectivity index (χ3n) is 2.70. The summed E-state index contributed by atoms with van der Waals surface area (Å²) >= 11 is 0. The number of nitrogens with one attached hydrogen (secondary N) is 2. The Bertz CT molecular complexity index is 610. The predicted octanol–water partition coefficient (Wildman–Crippen LogP) is 0.849. The predicted molar refractivity (Wildman–Crippen MR) is 73.1 cm³/mol. The number of aromatic amines is 1. The van der Waals surface area contributed by atoms with E-state index in [-0.39, 0.29) is 11.3 Å². The third-order valence-corrected chi connectivity index (χ3v) is 2.70. The highest BCUT2D eigenvalue weighted by atomic mass is 16.5. The van der Waals surface area contributed by atoms with E-state index < -0.39 is 0 Å². The Kier molecular flexibility index (Phi) is 4.15. The number of methoxy groups -OCH3 is 1. The summed E-state index contributed by atoms with van der Waals surface area (Å²) in [5.74, 6) is 0.599. The molecule has 4 N–H and O–H groups in total. The van der Waals surface area contributed by atoms with Gasteiger partial charge in [0.05, 0.1) is 13.4 Å². The molecule has 0 fully saturated rings. The molecule has 0 bridgehead atoms. The van der Waals surface area contributed by atoms with Crippen LogP contribution in [-0.4, -0.2) is 17.1 Å². The molecule has 0 saturated carbocycles. The van der Waals surface area contributed by atoms with Crippen molar-refractivity contribution in [3.8, 4) is 5.75 Å². The molecule has 0 aliphatic rings. The minimum absolute atomic E-state index is 0.178. The molecule has 0 aliphatic heterocycles. The number of hydrogen-bond acceptors (Lipinski definition) is 5. The van der Waals surface area contributed by atoms with Crippen LogP contribution in [0.2, 0.25) is 0 Å². The molecular weight excluding hydrogens is 244 g/mol. The van der Waals surface area contributed by atoms with E-state index in [1.165, 1.54) is 13.4 Å². The lowest BCUT2D eigenvalue weighted by molar-refractivity contribution is 0.408. The minimum atomic E-state index is -0.310. The number of anilines is 1. The first-order valence-corrected chi connectivity index (χ1v) is 5.88. The molecule has 2 aromatic rings. The number of rotatable bonds is 5. The van der Waals surface area contributed by atoms with Crippen molar-refractivity contribution in [3.63, 3.8) is 0 Å². The van der Waals surface area contributed by atoms with Crippen LogP contribution in [-0.2, 0) is 13.1 Å². The van der Waals surface area contributed by atoms with Crippen molar-refractivity contribution >= 4 is 5.82 Å². The van der Waals surface area contributed by atoms with Gasteiger partial charge in [0.25, 0.3) is 5.56 Å². The van der Waals surface area contributed by atoms with Crippen LogP contribution in [0.4, 0.5) is 5.82 Å². The summed E-state index contributed by atoms with van der Waals surface area (Å²) in [6.45, 7) is 1.04. The van der Waals surface area contributed by atoms with E-state index in [4.69, 9.17) is 10.5 Å². The summed E-state index contributed by atoms with van der Waals surface area (Å²) in [5, 5.41) is 3.08. The smallest absolute Gasteiger partial charge is 0.295 e. The van der Waals surface area contributed by atoms with Crippen LogP contribution in [0, 0.1) is 0 Å². The number of ether oxygens (including phenoxy) is 1. The topological polar surface area (TPSA) is 93.0 Å². The summed E-state index contributed by atoms with van der Waals surface area (Å²) in [4.78, 5) is 18.0. The molecule has 19 heavy (non-hydrogen) atoms. The largest absolute Gasteiger partial charge is 0.489 e. The lowest BCUT2D eigenvalue weighted by Gasteiger charge is -2.09. The zero-order valence-corrected chi connectivity index (χ0v) is 10.6. The van der Waals surface area contributed by atoms with Crippen LogP contribution in [0.1, 0.15) is 11.1 Å². The lowest BCUT2D eigenvalue weighted by Crippen LogP contribution is -2.14. The molecule has 100 valence electrons. The molecule has 0 atom stereocenters. The van der Waals surface area contributed by atoms with Gasteiger partial charge in [-0.25, -0.2) is 4.98 Å². The van der Waals surface area contributed by atoms with Crippen molar-refractivity contribution in [2.45, 2.75) is 13.1 Å². The normalized spacial score (nSPS) is 10.2. The number of H-pyrrole nitrogens is 1. The van der Waals surface area contributed by atoms with Crippen molar-refractivity contribution in [1.82, 2.24) is 9.97 Å². The summed E-state index contributed by atoms with van der Waals surface area (Å²) in [6, 6.07) is 7.90. The Morgan fingerprint density at radius 2 is 2.21 bits per heavy atom. The van der Waals surface area contributed by atoms with Gasteiger partial charge in [0.2, 0.25) is 5.75 Å². The van der Waals surface area contributed by atoms with Crippen LogP contribution in [0.15, 0.2) is 35.4 Å². The highest BCUT2D eigenvalue weighted by molar-refractivity contribution is 5.48. The monoisotopic (exact) mass is 260 g/mol. The first kappa shape index (κ1) is 13.1. The fraction of sp³-hybridized carbons (Fsp3) is 0.231. The summed E-state index contributed by atoms with van der Waals surface area (Å²) < 4.78 is 5.02. The van der Waals surface area contributed by atoms with Gasteiger partial charge < -0.3 is 20.8 Å². The number of hydrogen-bond donors (Lipinski definition) is 3. The van der Waals surface area contributed by atoms with Crippen LogP contribution in [0.3, 0.4) is 0 Å². The standard InChI is InChI=1S/C13H16N4O2/c1-19-11-12(16-8-17-13(11)18)15-7-10-4-2-3-9(5-10)6-14/h2-5,8H,6-7,14H2,1H3,(H2,15,16,17,18).